The van der Waals surface area contributed by atoms with Crippen molar-refractivity contribution in [3.05, 3.63) is 27.3 Å². The SMILES string of the molecule is CCOc1cc2c(=O)n(C3CCC3)c(=S)[nH]c2cc1OC. The Balaban J connectivity index is 2.26. The molecule has 6 heteroatoms. The predicted molar refractivity (Wildman–Crippen MR) is 84.0 cm³/mol. The molecule has 0 amide bonds. The molecule has 3 rings (SSSR count). The van der Waals surface area contributed by atoms with Gasteiger partial charge in [-0.05, 0) is 44.5 Å². The largest absolute Gasteiger partial charge is 0.493 e. The number of nitrogens with one attached hydrogen (secondary N) is 1. The molecule has 1 aromatic carbocycles. The molecular formula is C15H18N2O3S. The molecule has 1 aliphatic rings. The summed E-state index contributed by atoms with van der Waals surface area (Å²) in [5, 5.41) is 0.583. The molecule has 0 radical (unpaired) electrons. The Morgan fingerprint density at radius 2 is 2.14 bits per heavy atom. The van der Waals surface area contributed by atoms with Gasteiger partial charge in [-0.2, -0.15) is 0 Å². The maximum atomic E-state index is 12.7. The van der Waals surface area contributed by atoms with Crippen LogP contribution in [0.15, 0.2) is 16.9 Å². The lowest BCUT2D eigenvalue weighted by molar-refractivity contribution is 0.301. The fourth-order valence-corrected chi connectivity index (χ4v) is 2.98. The van der Waals surface area contributed by atoms with Crippen molar-refractivity contribution < 1.29 is 9.47 Å². The fourth-order valence-electron chi connectivity index (χ4n) is 2.64. The van der Waals surface area contributed by atoms with Gasteiger partial charge in [-0.3, -0.25) is 9.36 Å². The Kier molecular flexibility index (Phi) is 3.71. The number of fused-ring (bicyclic) bond motifs is 1. The van der Waals surface area contributed by atoms with Gasteiger partial charge in [-0.1, -0.05) is 0 Å². The zero-order valence-electron chi connectivity index (χ0n) is 12.1. The van der Waals surface area contributed by atoms with E-state index >= 15 is 0 Å². The van der Waals surface area contributed by atoms with Gasteiger partial charge in [0.15, 0.2) is 16.3 Å². The lowest BCUT2D eigenvalue weighted by atomic mass is 9.93. The van der Waals surface area contributed by atoms with Crippen LogP contribution in [0.25, 0.3) is 10.9 Å². The first-order chi connectivity index (χ1) is 10.2. The van der Waals surface area contributed by atoms with Crippen LogP contribution in [0.5, 0.6) is 11.5 Å². The smallest absolute Gasteiger partial charge is 0.262 e. The fraction of sp³-hybridized carbons (Fsp3) is 0.467. The molecule has 0 atom stereocenters. The zero-order chi connectivity index (χ0) is 15.0. The van der Waals surface area contributed by atoms with Crippen LogP contribution in [0.3, 0.4) is 0 Å². The number of nitrogens with zero attached hydrogens (tertiary/aromatic N) is 1. The molecule has 1 N–H and O–H groups in total. The van der Waals surface area contributed by atoms with E-state index in [1.807, 2.05) is 6.92 Å². The second kappa shape index (κ2) is 5.52. The van der Waals surface area contributed by atoms with Crippen molar-refractivity contribution in [3.8, 4) is 11.5 Å². The van der Waals surface area contributed by atoms with E-state index in [1.165, 1.54) is 0 Å². The van der Waals surface area contributed by atoms with Gasteiger partial charge in [0.1, 0.15) is 0 Å². The molecule has 5 nitrogen and oxygen atoms in total. The summed E-state index contributed by atoms with van der Waals surface area (Å²) in [6.45, 7) is 2.41. The van der Waals surface area contributed by atoms with Gasteiger partial charge in [0.2, 0.25) is 0 Å². The predicted octanol–water partition coefficient (Wildman–Crippen LogP) is 3.19. The normalized spacial score (nSPS) is 15.0. The maximum absolute atomic E-state index is 12.7. The Hall–Kier alpha value is -1.82. The summed E-state index contributed by atoms with van der Waals surface area (Å²) < 4.78 is 13.0. The molecule has 2 aromatic rings. The molecule has 1 aliphatic carbocycles. The molecule has 1 heterocycles. The summed E-state index contributed by atoms with van der Waals surface area (Å²) in [6.07, 6.45) is 3.17. The number of benzene rings is 1. The second-order valence-corrected chi connectivity index (χ2v) is 5.56. The Morgan fingerprint density at radius 3 is 2.71 bits per heavy atom. The standard InChI is InChI=1S/C15H18N2O3S/c1-3-20-13-7-10-11(8-12(13)19-2)16-15(21)17(14(10)18)9-5-4-6-9/h7-9H,3-6H2,1-2H3,(H,16,21). The molecule has 1 fully saturated rings. The Labute approximate surface area is 127 Å². The lowest BCUT2D eigenvalue weighted by Crippen LogP contribution is -2.30. The topological polar surface area (TPSA) is 56.2 Å². The van der Waals surface area contributed by atoms with Crippen LogP contribution in [0.1, 0.15) is 32.2 Å². The van der Waals surface area contributed by atoms with Crippen LogP contribution in [-0.4, -0.2) is 23.3 Å². The number of rotatable bonds is 4. The van der Waals surface area contributed by atoms with E-state index in [4.69, 9.17) is 21.7 Å². The van der Waals surface area contributed by atoms with E-state index in [0.29, 0.717) is 33.8 Å². The van der Waals surface area contributed by atoms with Gasteiger partial charge in [0, 0.05) is 12.1 Å². The van der Waals surface area contributed by atoms with Crippen LogP contribution < -0.4 is 15.0 Å². The highest BCUT2D eigenvalue weighted by Gasteiger charge is 2.23. The van der Waals surface area contributed by atoms with Crippen LogP contribution in [0.2, 0.25) is 0 Å². The Bertz CT molecular complexity index is 790. The summed E-state index contributed by atoms with van der Waals surface area (Å²) in [5.41, 5.74) is 0.628. The molecule has 0 aliphatic heterocycles. The van der Waals surface area contributed by atoms with Crippen molar-refractivity contribution in [1.29, 1.82) is 0 Å². The quantitative estimate of drug-likeness (QED) is 0.881. The van der Waals surface area contributed by atoms with Gasteiger partial charge < -0.3 is 14.5 Å². The summed E-state index contributed by atoms with van der Waals surface area (Å²) in [4.78, 5) is 15.9. The minimum absolute atomic E-state index is 0.0537. The number of hydrogen-bond donors (Lipinski definition) is 1. The van der Waals surface area contributed by atoms with Gasteiger partial charge >= 0.3 is 0 Å². The molecule has 0 saturated heterocycles. The summed E-state index contributed by atoms with van der Waals surface area (Å²) in [7, 11) is 1.58. The molecule has 112 valence electrons. The van der Waals surface area contributed by atoms with Crippen LogP contribution in [-0.2, 0) is 0 Å². The summed E-state index contributed by atoms with van der Waals surface area (Å²) >= 11 is 5.34. The minimum Gasteiger partial charge on any atom is -0.493 e. The van der Waals surface area contributed by atoms with Crippen molar-refractivity contribution in [3.63, 3.8) is 0 Å². The molecule has 1 saturated carbocycles. The van der Waals surface area contributed by atoms with E-state index < -0.39 is 0 Å². The number of methoxy groups -OCH3 is 1. The molecule has 0 unspecified atom stereocenters. The molecular weight excluding hydrogens is 288 g/mol. The van der Waals surface area contributed by atoms with Crippen molar-refractivity contribution in [2.45, 2.75) is 32.2 Å². The number of ether oxygens (including phenoxy) is 2. The van der Waals surface area contributed by atoms with Crippen LogP contribution in [0, 0.1) is 4.77 Å². The Morgan fingerprint density at radius 1 is 1.38 bits per heavy atom. The zero-order valence-corrected chi connectivity index (χ0v) is 13.0. The second-order valence-electron chi connectivity index (χ2n) is 5.17. The van der Waals surface area contributed by atoms with Crippen molar-refractivity contribution >= 4 is 23.1 Å². The third-order valence-electron chi connectivity index (χ3n) is 3.95. The van der Waals surface area contributed by atoms with Crippen molar-refractivity contribution in [1.82, 2.24) is 9.55 Å². The molecule has 0 bridgehead atoms. The third kappa shape index (κ3) is 2.33. The van der Waals surface area contributed by atoms with Crippen LogP contribution >= 0.6 is 12.2 Å². The number of H-pyrrole nitrogens is 1. The highest BCUT2D eigenvalue weighted by Crippen LogP contribution is 2.33. The molecule has 21 heavy (non-hydrogen) atoms. The number of aromatic nitrogens is 2. The van der Waals surface area contributed by atoms with E-state index in [-0.39, 0.29) is 11.6 Å². The average Bonchev–Trinajstić information content (AvgIpc) is 2.41. The summed E-state index contributed by atoms with van der Waals surface area (Å²) in [5.74, 6) is 1.17. The van der Waals surface area contributed by atoms with E-state index in [0.717, 1.165) is 19.3 Å². The summed E-state index contributed by atoms with van der Waals surface area (Å²) in [6, 6.07) is 3.73. The van der Waals surface area contributed by atoms with Crippen molar-refractivity contribution in [2.24, 2.45) is 0 Å². The van der Waals surface area contributed by atoms with E-state index in [1.54, 1.807) is 23.8 Å². The van der Waals surface area contributed by atoms with E-state index in [9.17, 15) is 4.79 Å². The highest BCUT2D eigenvalue weighted by atomic mass is 32.1. The van der Waals surface area contributed by atoms with Gasteiger partial charge in [-0.15, -0.1) is 0 Å². The highest BCUT2D eigenvalue weighted by molar-refractivity contribution is 7.71. The number of hydrogen-bond acceptors (Lipinski definition) is 4. The average molecular weight is 306 g/mol. The molecule has 0 spiro atoms. The lowest BCUT2D eigenvalue weighted by Gasteiger charge is -2.27. The first kappa shape index (κ1) is 14.1. The molecule has 1 aromatic heterocycles. The van der Waals surface area contributed by atoms with E-state index in [2.05, 4.69) is 4.98 Å². The van der Waals surface area contributed by atoms with Gasteiger partial charge in [0.25, 0.3) is 5.56 Å². The minimum atomic E-state index is -0.0537. The number of aromatic amines is 1. The van der Waals surface area contributed by atoms with Gasteiger partial charge in [-0.25, -0.2) is 0 Å². The van der Waals surface area contributed by atoms with Gasteiger partial charge in [0.05, 0.1) is 24.6 Å². The van der Waals surface area contributed by atoms with Crippen molar-refractivity contribution in [2.75, 3.05) is 13.7 Å². The van der Waals surface area contributed by atoms with Crippen LogP contribution in [0.4, 0.5) is 0 Å². The first-order valence-electron chi connectivity index (χ1n) is 7.15. The third-order valence-corrected chi connectivity index (χ3v) is 4.25. The monoisotopic (exact) mass is 306 g/mol. The maximum Gasteiger partial charge on any atom is 0.262 e. The first-order valence-corrected chi connectivity index (χ1v) is 7.56.